The molecule has 206 valence electrons. The zero-order valence-corrected chi connectivity index (χ0v) is 24.1. The van der Waals surface area contributed by atoms with Crippen LogP contribution in [0.5, 0.6) is 0 Å². The molecule has 0 saturated heterocycles. The maximum absolute atomic E-state index is 13.5. The van der Waals surface area contributed by atoms with Crippen molar-refractivity contribution in [2.45, 2.75) is 58.1 Å². The van der Waals surface area contributed by atoms with Gasteiger partial charge in [-0.1, -0.05) is 6.07 Å². The summed E-state index contributed by atoms with van der Waals surface area (Å²) in [5.74, 6) is -0.200. The van der Waals surface area contributed by atoms with E-state index in [1.54, 1.807) is 72.0 Å². The number of hydrogen-bond donors (Lipinski definition) is 2. The van der Waals surface area contributed by atoms with Crippen LogP contribution >= 0.6 is 11.3 Å². The summed E-state index contributed by atoms with van der Waals surface area (Å²) in [6.45, 7) is 10.4. The van der Waals surface area contributed by atoms with Crippen molar-refractivity contribution in [3.8, 4) is 26.7 Å². The van der Waals surface area contributed by atoms with Gasteiger partial charge in [0.05, 0.1) is 27.8 Å². The number of benzene rings is 2. The molecule has 0 radical (unpaired) electrons. The van der Waals surface area contributed by atoms with E-state index in [2.05, 4.69) is 15.0 Å². The summed E-state index contributed by atoms with van der Waals surface area (Å²) in [6.07, 6.45) is 2.36. The third-order valence-corrected chi connectivity index (χ3v) is 8.10. The molecule has 10 nitrogen and oxygen atoms in total. The first-order valence-corrected chi connectivity index (χ1v) is 14.4. The van der Waals surface area contributed by atoms with Crippen molar-refractivity contribution in [2.75, 3.05) is 5.32 Å². The second-order valence-corrected chi connectivity index (χ2v) is 12.9. The van der Waals surface area contributed by atoms with Gasteiger partial charge in [-0.05, 0) is 77.9 Å². The van der Waals surface area contributed by atoms with Crippen LogP contribution in [-0.2, 0) is 14.8 Å². The van der Waals surface area contributed by atoms with Crippen LogP contribution in [0.25, 0.3) is 26.7 Å². The molecule has 0 spiro atoms. The SMILES string of the molecule is Cc1cn(-c2ccc(-c3cnc(-c4ccc(NC(=O)OC(C)C)cc4)s3)c(S(=O)(=O)NC(C)(C)C)c2)c(=O)o1. The Kier molecular flexibility index (Phi) is 7.82. The number of oxazole rings is 1. The first-order valence-electron chi connectivity index (χ1n) is 12.1. The van der Waals surface area contributed by atoms with Gasteiger partial charge in [-0.2, -0.15) is 0 Å². The minimum Gasteiger partial charge on any atom is -0.447 e. The lowest BCUT2D eigenvalue weighted by atomic mass is 10.1. The highest BCUT2D eigenvalue weighted by Crippen LogP contribution is 2.37. The lowest BCUT2D eigenvalue weighted by molar-refractivity contribution is 0.130. The fourth-order valence-electron chi connectivity index (χ4n) is 3.76. The molecule has 2 heterocycles. The largest absolute Gasteiger partial charge is 0.447 e. The Balaban J connectivity index is 1.71. The Morgan fingerprint density at radius 3 is 2.41 bits per heavy atom. The molecule has 1 amide bonds. The van der Waals surface area contributed by atoms with Gasteiger partial charge in [0.1, 0.15) is 10.8 Å². The summed E-state index contributed by atoms with van der Waals surface area (Å²) in [4.78, 5) is 29.3. The van der Waals surface area contributed by atoms with Gasteiger partial charge in [0.2, 0.25) is 10.0 Å². The van der Waals surface area contributed by atoms with E-state index < -0.39 is 27.4 Å². The molecule has 4 rings (SSSR count). The summed E-state index contributed by atoms with van der Waals surface area (Å²) < 4.78 is 41.2. The van der Waals surface area contributed by atoms with Crippen LogP contribution in [0.1, 0.15) is 40.4 Å². The highest BCUT2D eigenvalue weighted by molar-refractivity contribution is 7.89. The van der Waals surface area contributed by atoms with Crippen molar-refractivity contribution >= 4 is 33.1 Å². The predicted molar refractivity (Wildman–Crippen MR) is 151 cm³/mol. The van der Waals surface area contributed by atoms with Gasteiger partial charge in [-0.3, -0.25) is 5.32 Å². The number of sulfonamides is 1. The third-order valence-electron chi connectivity index (χ3n) is 5.22. The number of aryl methyl sites for hydroxylation is 1. The lowest BCUT2D eigenvalue weighted by Crippen LogP contribution is -2.40. The summed E-state index contributed by atoms with van der Waals surface area (Å²) in [5, 5.41) is 3.33. The Morgan fingerprint density at radius 1 is 1.13 bits per heavy atom. The van der Waals surface area contributed by atoms with Crippen molar-refractivity contribution in [3.63, 3.8) is 0 Å². The van der Waals surface area contributed by atoms with Crippen molar-refractivity contribution in [3.05, 3.63) is 71.2 Å². The second-order valence-electron chi connectivity index (χ2n) is 10.2. The summed E-state index contributed by atoms with van der Waals surface area (Å²) in [6, 6.07) is 11.9. The van der Waals surface area contributed by atoms with E-state index >= 15 is 0 Å². The number of nitrogens with zero attached hydrogens (tertiary/aromatic N) is 2. The maximum Gasteiger partial charge on any atom is 0.423 e. The molecule has 0 aliphatic carbocycles. The zero-order valence-electron chi connectivity index (χ0n) is 22.4. The molecule has 0 saturated carbocycles. The number of carbonyl (C=O) groups is 1. The van der Waals surface area contributed by atoms with Crippen LogP contribution in [0, 0.1) is 6.92 Å². The minimum absolute atomic E-state index is 0.0130. The Morgan fingerprint density at radius 2 is 1.82 bits per heavy atom. The Bertz CT molecular complexity index is 1660. The smallest absolute Gasteiger partial charge is 0.423 e. The molecule has 0 atom stereocenters. The number of aromatic nitrogens is 2. The standard InChI is InChI=1S/C27H30N4O6S2/c1-16(2)36-25(32)29-19-9-7-18(8-10-19)24-28-14-22(38-24)21-12-11-20(31-15-17(3)37-26(31)33)13-23(21)39(34,35)30-27(4,5)6/h7-16,30H,1-6H3,(H,29,32). The van der Waals surface area contributed by atoms with Crippen LogP contribution in [0.15, 0.2) is 69.0 Å². The zero-order chi connectivity index (χ0) is 28.5. The molecule has 0 aliphatic heterocycles. The molecule has 0 bridgehead atoms. The molecule has 2 aromatic carbocycles. The monoisotopic (exact) mass is 570 g/mol. The fraction of sp³-hybridized carbons (Fsp3) is 0.296. The molecule has 4 aromatic rings. The first kappa shape index (κ1) is 28.3. The molecule has 2 N–H and O–H groups in total. The lowest BCUT2D eigenvalue weighted by Gasteiger charge is -2.21. The van der Waals surface area contributed by atoms with Crippen molar-refractivity contribution in [1.29, 1.82) is 0 Å². The van der Waals surface area contributed by atoms with Crippen molar-refractivity contribution < 1.29 is 22.4 Å². The highest BCUT2D eigenvalue weighted by atomic mass is 32.2. The summed E-state index contributed by atoms with van der Waals surface area (Å²) >= 11 is 1.32. The molecular weight excluding hydrogens is 540 g/mol. The molecule has 39 heavy (non-hydrogen) atoms. The normalized spacial score (nSPS) is 12.1. The van der Waals surface area contributed by atoms with E-state index in [-0.39, 0.29) is 11.0 Å². The first-order chi connectivity index (χ1) is 18.2. The third kappa shape index (κ3) is 6.83. The van der Waals surface area contributed by atoms with Gasteiger partial charge in [0, 0.05) is 28.6 Å². The number of thiazole rings is 1. The minimum atomic E-state index is -3.98. The van der Waals surface area contributed by atoms with Crippen LogP contribution < -0.4 is 15.8 Å². The quantitative estimate of drug-likeness (QED) is 0.297. The van der Waals surface area contributed by atoms with Gasteiger partial charge in [0.15, 0.2) is 0 Å². The average molecular weight is 571 g/mol. The maximum atomic E-state index is 13.5. The van der Waals surface area contributed by atoms with Crippen molar-refractivity contribution in [1.82, 2.24) is 14.3 Å². The number of carbonyl (C=O) groups excluding carboxylic acids is 1. The average Bonchev–Trinajstić information content (AvgIpc) is 3.43. The number of amides is 1. The molecule has 0 unspecified atom stereocenters. The van der Waals surface area contributed by atoms with E-state index in [1.165, 1.54) is 28.2 Å². The van der Waals surface area contributed by atoms with Gasteiger partial charge in [0.25, 0.3) is 0 Å². The molecule has 2 aromatic heterocycles. The van der Waals surface area contributed by atoms with Crippen LogP contribution in [-0.4, -0.2) is 35.7 Å². The van der Waals surface area contributed by atoms with E-state index in [1.807, 2.05) is 12.1 Å². The van der Waals surface area contributed by atoms with Crippen LogP contribution in [0.4, 0.5) is 10.5 Å². The number of nitrogens with one attached hydrogen (secondary N) is 2. The van der Waals surface area contributed by atoms with Crippen molar-refractivity contribution in [2.24, 2.45) is 0 Å². The van der Waals surface area contributed by atoms with Gasteiger partial charge >= 0.3 is 11.8 Å². The van der Waals surface area contributed by atoms with Gasteiger partial charge in [-0.15, -0.1) is 11.3 Å². The topological polar surface area (TPSA) is 133 Å². The number of anilines is 1. The summed E-state index contributed by atoms with van der Waals surface area (Å²) in [7, 11) is -3.98. The Labute approximate surface area is 230 Å². The van der Waals surface area contributed by atoms with Gasteiger partial charge in [-0.25, -0.2) is 32.3 Å². The van der Waals surface area contributed by atoms with E-state index in [0.29, 0.717) is 32.6 Å². The molecule has 12 heteroatoms. The number of hydrogen-bond acceptors (Lipinski definition) is 8. The summed E-state index contributed by atoms with van der Waals surface area (Å²) in [5.41, 5.74) is 1.44. The van der Waals surface area contributed by atoms with E-state index in [0.717, 1.165) is 5.56 Å². The second kappa shape index (κ2) is 10.8. The highest BCUT2D eigenvalue weighted by Gasteiger charge is 2.27. The number of ether oxygens (including phenoxy) is 1. The van der Waals surface area contributed by atoms with Crippen LogP contribution in [0.3, 0.4) is 0 Å². The van der Waals surface area contributed by atoms with E-state index in [9.17, 15) is 18.0 Å². The van der Waals surface area contributed by atoms with Crippen LogP contribution in [0.2, 0.25) is 0 Å². The molecular formula is C27H30N4O6S2. The number of rotatable bonds is 7. The Hall–Kier alpha value is -3.74. The van der Waals surface area contributed by atoms with E-state index in [4.69, 9.17) is 9.15 Å². The molecule has 0 aliphatic rings. The molecule has 0 fully saturated rings. The fourth-order valence-corrected chi connectivity index (χ4v) is 6.45. The predicted octanol–water partition coefficient (Wildman–Crippen LogP) is 5.56. The van der Waals surface area contributed by atoms with Gasteiger partial charge < -0.3 is 9.15 Å².